The van der Waals surface area contributed by atoms with Crippen LogP contribution < -0.4 is 20.7 Å². The molecule has 1 aliphatic carbocycles. The minimum absolute atomic E-state index is 0.0806. The minimum Gasteiger partial charge on any atom is -0.468 e. The number of hydrogen-bond acceptors (Lipinski definition) is 9. The summed E-state index contributed by atoms with van der Waals surface area (Å²) in [7, 11) is -3.88. The molecule has 12 nitrogen and oxygen atoms in total. The number of carbonyl (C=O) groups excluding carboxylic acids is 3. The Balaban J connectivity index is 1.58. The second kappa shape index (κ2) is 16.6. The highest BCUT2D eigenvalue weighted by Gasteiger charge is 2.46. The largest absolute Gasteiger partial charge is 0.468 e. The van der Waals surface area contributed by atoms with Gasteiger partial charge in [-0.2, -0.15) is 0 Å². The quantitative estimate of drug-likeness (QED) is 0.230. The number of benzene rings is 1. The predicted molar refractivity (Wildman–Crippen MR) is 192 cm³/mol. The van der Waals surface area contributed by atoms with Crippen LogP contribution in [0.25, 0.3) is 0 Å². The predicted octanol–water partition coefficient (Wildman–Crippen LogP) is 2.65. The number of nitrogens with zero attached hydrogens (tertiary/aromatic N) is 2. The van der Waals surface area contributed by atoms with Gasteiger partial charge in [0.15, 0.2) is 16.4 Å². The van der Waals surface area contributed by atoms with E-state index in [1.165, 1.54) is 20.0 Å². The highest BCUT2D eigenvalue weighted by molar-refractivity contribution is 7.92. The van der Waals surface area contributed by atoms with Crippen molar-refractivity contribution in [1.29, 1.82) is 0 Å². The number of carbonyl (C=O) groups is 3. The van der Waals surface area contributed by atoms with E-state index in [9.17, 15) is 27.9 Å². The lowest BCUT2D eigenvalue weighted by Gasteiger charge is -2.47. The van der Waals surface area contributed by atoms with Crippen molar-refractivity contribution in [1.82, 2.24) is 25.8 Å². The number of piperidine rings is 1. The number of β-amino-alcohol motifs (C(OH)–C–C–N with tert-alkyl or cyclic N) is 1. The van der Waals surface area contributed by atoms with Crippen LogP contribution >= 0.6 is 0 Å². The number of aliphatic hydroxyl groups is 1. The molecule has 3 amide bonds. The number of fused-ring (bicyclic) bond motifs is 1. The molecule has 1 aromatic heterocycles. The second-order valence-corrected chi connectivity index (χ2v) is 18.1. The molecule has 4 rings (SSSR count). The van der Waals surface area contributed by atoms with E-state index in [0.717, 1.165) is 37.5 Å². The van der Waals surface area contributed by atoms with Gasteiger partial charge >= 0.3 is 0 Å². The van der Waals surface area contributed by atoms with Gasteiger partial charge < -0.3 is 25.8 Å². The van der Waals surface area contributed by atoms with Crippen molar-refractivity contribution in [2.45, 2.75) is 108 Å². The third kappa shape index (κ3) is 10.7. The van der Waals surface area contributed by atoms with Gasteiger partial charge in [0.25, 0.3) is 5.91 Å². The van der Waals surface area contributed by atoms with Gasteiger partial charge in [-0.3, -0.25) is 19.3 Å². The van der Waals surface area contributed by atoms with Crippen LogP contribution in [0.1, 0.15) is 72.3 Å². The van der Waals surface area contributed by atoms with Gasteiger partial charge in [-0.1, -0.05) is 55.7 Å². The number of aliphatic hydroxyl groups excluding tert-OH is 1. The Hall–Kier alpha value is -3.55. The molecule has 2 fully saturated rings. The first kappa shape index (κ1) is 39.2. The fourth-order valence-electron chi connectivity index (χ4n) is 6.96. The molecule has 1 aliphatic heterocycles. The Labute approximate surface area is 297 Å². The fraction of sp³-hybridized carbons (Fsp3) is 0.622. The van der Waals surface area contributed by atoms with Gasteiger partial charge in [-0.05, 0) is 77.3 Å². The molecule has 1 aromatic carbocycles. The first-order valence-electron chi connectivity index (χ1n) is 17.6. The maximum Gasteiger partial charge on any atom is 0.258 e. The third-order valence-corrected chi connectivity index (χ3v) is 12.2. The molecule has 2 aliphatic rings. The monoisotopic (exact) mass is 713 g/mol. The van der Waals surface area contributed by atoms with Gasteiger partial charge in [-0.25, -0.2) is 13.4 Å². The van der Waals surface area contributed by atoms with Crippen LogP contribution in [0.15, 0.2) is 54.7 Å². The lowest BCUT2D eigenvalue weighted by atomic mass is 9.72. The van der Waals surface area contributed by atoms with Crippen LogP contribution in [0.4, 0.5) is 0 Å². The zero-order chi connectivity index (χ0) is 36.7. The zero-order valence-electron chi connectivity index (χ0n) is 30.2. The molecule has 3 unspecified atom stereocenters. The van der Waals surface area contributed by atoms with Crippen LogP contribution in [0, 0.1) is 11.8 Å². The van der Waals surface area contributed by atoms with Gasteiger partial charge in [0.2, 0.25) is 17.7 Å². The number of ether oxygens (including phenoxy) is 1. The van der Waals surface area contributed by atoms with E-state index in [4.69, 9.17) is 4.74 Å². The molecule has 13 heteroatoms. The number of amides is 3. The first-order chi connectivity index (χ1) is 23.4. The average molecular weight is 714 g/mol. The number of rotatable bonds is 14. The molecule has 0 spiro atoms. The zero-order valence-corrected chi connectivity index (χ0v) is 31.0. The SMILES string of the molecule is CC(C)(C)NC(=O)C1C[C@@H]2CCCC[C@@H]2CN1CC(O)C(Cc1ccccc1)NC(=O)[C@@H](NC(=O)COc1ccccn1)C(C)(C)S(C)(=O)=O. The van der Waals surface area contributed by atoms with Crippen LogP contribution in [0.3, 0.4) is 0 Å². The minimum atomic E-state index is -3.88. The molecule has 2 aromatic rings. The molecular weight excluding hydrogens is 659 g/mol. The van der Waals surface area contributed by atoms with Crippen molar-refractivity contribution < 1.29 is 32.6 Å². The van der Waals surface area contributed by atoms with E-state index in [-0.39, 0.29) is 24.8 Å². The average Bonchev–Trinajstić information content (AvgIpc) is 3.05. The van der Waals surface area contributed by atoms with Gasteiger partial charge in [0.05, 0.1) is 22.9 Å². The van der Waals surface area contributed by atoms with Crippen molar-refractivity contribution in [3.8, 4) is 5.88 Å². The van der Waals surface area contributed by atoms with E-state index < -0.39 is 62.8 Å². The molecule has 1 saturated heterocycles. The van der Waals surface area contributed by atoms with E-state index in [2.05, 4.69) is 25.8 Å². The van der Waals surface area contributed by atoms with Crippen molar-refractivity contribution in [3.63, 3.8) is 0 Å². The molecule has 1 saturated carbocycles. The van der Waals surface area contributed by atoms with Gasteiger partial charge in [0, 0.05) is 37.1 Å². The van der Waals surface area contributed by atoms with Crippen LogP contribution in [-0.2, 0) is 30.6 Å². The molecule has 0 radical (unpaired) electrons. The summed E-state index contributed by atoms with van der Waals surface area (Å²) in [5.41, 5.74) is 0.417. The summed E-state index contributed by atoms with van der Waals surface area (Å²) in [6, 6.07) is 11.5. The Kier molecular flexibility index (Phi) is 13.1. The Morgan fingerprint density at radius 1 is 0.980 bits per heavy atom. The lowest BCUT2D eigenvalue weighted by molar-refractivity contribution is -0.133. The summed E-state index contributed by atoms with van der Waals surface area (Å²) in [4.78, 5) is 46.9. The number of nitrogens with one attached hydrogen (secondary N) is 3. The molecule has 4 N–H and O–H groups in total. The smallest absolute Gasteiger partial charge is 0.258 e. The summed E-state index contributed by atoms with van der Waals surface area (Å²) in [6.07, 6.45) is 6.77. The second-order valence-electron chi connectivity index (χ2n) is 15.5. The highest BCUT2D eigenvalue weighted by Crippen LogP contribution is 2.39. The maximum absolute atomic E-state index is 14.1. The van der Waals surface area contributed by atoms with E-state index >= 15 is 0 Å². The number of sulfone groups is 1. The molecule has 276 valence electrons. The lowest BCUT2D eigenvalue weighted by Crippen LogP contribution is -2.64. The first-order valence-corrected chi connectivity index (χ1v) is 19.4. The van der Waals surface area contributed by atoms with E-state index in [1.54, 1.807) is 18.2 Å². The van der Waals surface area contributed by atoms with E-state index in [0.29, 0.717) is 24.8 Å². The van der Waals surface area contributed by atoms with Crippen molar-refractivity contribution in [3.05, 3.63) is 60.3 Å². The van der Waals surface area contributed by atoms with Crippen LogP contribution in [0.5, 0.6) is 5.88 Å². The topological polar surface area (TPSA) is 167 Å². The molecule has 2 heterocycles. The fourth-order valence-corrected chi connectivity index (χ4v) is 7.55. The van der Waals surface area contributed by atoms with Gasteiger partial charge in [0.1, 0.15) is 6.04 Å². The van der Waals surface area contributed by atoms with Crippen molar-refractivity contribution >= 4 is 27.6 Å². The number of aromatic nitrogens is 1. The Morgan fingerprint density at radius 3 is 2.26 bits per heavy atom. The summed E-state index contributed by atoms with van der Waals surface area (Å²) in [5, 5.41) is 20.5. The third-order valence-electron chi connectivity index (χ3n) is 10.0. The van der Waals surface area contributed by atoms with Gasteiger partial charge in [-0.15, -0.1) is 0 Å². The Morgan fingerprint density at radius 2 is 1.64 bits per heavy atom. The van der Waals surface area contributed by atoms with Crippen molar-refractivity contribution in [2.75, 3.05) is 26.0 Å². The number of pyridine rings is 1. The normalized spacial score (nSPS) is 21.9. The molecular formula is C37H55N5O7S. The van der Waals surface area contributed by atoms with E-state index in [1.807, 2.05) is 51.1 Å². The molecule has 50 heavy (non-hydrogen) atoms. The summed E-state index contributed by atoms with van der Waals surface area (Å²) >= 11 is 0. The van der Waals surface area contributed by atoms with Crippen LogP contribution in [0.2, 0.25) is 0 Å². The van der Waals surface area contributed by atoms with Crippen molar-refractivity contribution in [2.24, 2.45) is 11.8 Å². The number of likely N-dealkylation sites (tertiary alicyclic amines) is 1. The summed E-state index contributed by atoms with van der Waals surface area (Å²) in [6.45, 7) is 8.87. The standard InChI is InChI=1S/C37H55N5O7S/c1-36(2,3)41-34(45)29-21-26-16-10-11-17-27(26)22-42(29)23-30(43)28(20-25-14-8-7-9-15-25)39-35(46)33(37(4,5)50(6,47)48)40-31(44)24-49-32-18-12-13-19-38-32/h7-9,12-15,18-19,26-30,33,43H,10-11,16-17,20-24H2,1-6H3,(H,39,46)(H,40,44)(H,41,45)/t26-,27+,28?,29?,30?,33+/m0/s1. The Bertz CT molecular complexity index is 1550. The number of hydrogen-bond donors (Lipinski definition) is 4. The highest BCUT2D eigenvalue weighted by atomic mass is 32.2. The summed E-state index contributed by atoms with van der Waals surface area (Å²) in [5.74, 6) is -0.501. The molecule has 6 atom stereocenters. The summed E-state index contributed by atoms with van der Waals surface area (Å²) < 4.78 is 29.7. The maximum atomic E-state index is 14.1. The van der Waals surface area contributed by atoms with Crippen LogP contribution in [-0.4, -0.2) is 102 Å². The molecule has 0 bridgehead atoms.